The highest BCUT2D eigenvalue weighted by atomic mass is 32.2. The van der Waals surface area contributed by atoms with Crippen molar-refractivity contribution in [3.8, 4) is 6.07 Å². The molecule has 8 nitrogen and oxygen atoms in total. The van der Waals surface area contributed by atoms with Gasteiger partial charge in [0.15, 0.2) is 5.82 Å². The van der Waals surface area contributed by atoms with Gasteiger partial charge in [0.25, 0.3) is 10.0 Å². The number of anilines is 1. The fourth-order valence-corrected chi connectivity index (χ4v) is 3.29. The van der Waals surface area contributed by atoms with E-state index in [-0.39, 0.29) is 20.6 Å². The van der Waals surface area contributed by atoms with E-state index in [0.717, 1.165) is 17.4 Å². The maximum absolute atomic E-state index is 11.9. The molecule has 2 aromatic rings. The molecule has 0 aliphatic rings. The lowest BCUT2D eigenvalue weighted by atomic mass is 10.4. The summed E-state index contributed by atoms with van der Waals surface area (Å²) in [6.45, 7) is 0. The van der Waals surface area contributed by atoms with Crippen LogP contribution in [-0.2, 0) is 10.0 Å². The molecule has 10 heteroatoms. The maximum Gasteiger partial charge on any atom is 0.353 e. The zero-order chi connectivity index (χ0) is 14.0. The number of carbonyl (C=O) groups is 1. The SMILES string of the molecule is N#Cc1ccc(S(=O)(=O)Nc2cc(C(=O)O)[nH]n2)s1. The lowest BCUT2D eigenvalue weighted by molar-refractivity contribution is 0.0690. The van der Waals surface area contributed by atoms with Crippen LogP contribution in [0.3, 0.4) is 0 Å². The summed E-state index contributed by atoms with van der Waals surface area (Å²) in [4.78, 5) is 10.9. The first-order chi connectivity index (χ1) is 8.92. The van der Waals surface area contributed by atoms with Crippen LogP contribution in [0.1, 0.15) is 15.4 Å². The molecule has 2 heterocycles. The number of hydrogen-bond acceptors (Lipinski definition) is 6. The number of carboxylic acid groups (broad SMARTS) is 1. The lowest BCUT2D eigenvalue weighted by Crippen LogP contribution is -2.11. The van der Waals surface area contributed by atoms with E-state index < -0.39 is 16.0 Å². The maximum atomic E-state index is 11.9. The van der Waals surface area contributed by atoms with Crippen LogP contribution in [0.2, 0.25) is 0 Å². The van der Waals surface area contributed by atoms with Crippen LogP contribution in [0.5, 0.6) is 0 Å². The summed E-state index contributed by atoms with van der Waals surface area (Å²) in [6, 6.07) is 5.55. The Balaban J connectivity index is 2.26. The molecular weight excluding hydrogens is 292 g/mol. The average molecular weight is 298 g/mol. The van der Waals surface area contributed by atoms with Crippen LogP contribution in [0.25, 0.3) is 0 Å². The summed E-state index contributed by atoms with van der Waals surface area (Å²) in [5.41, 5.74) is -0.235. The Morgan fingerprint density at radius 1 is 1.53 bits per heavy atom. The Morgan fingerprint density at radius 2 is 2.26 bits per heavy atom. The molecule has 19 heavy (non-hydrogen) atoms. The fraction of sp³-hybridized carbons (Fsp3) is 0. The molecule has 0 aliphatic carbocycles. The van der Waals surface area contributed by atoms with Gasteiger partial charge in [-0.05, 0) is 12.1 Å². The van der Waals surface area contributed by atoms with E-state index in [0.29, 0.717) is 0 Å². The average Bonchev–Trinajstić information content (AvgIpc) is 2.96. The molecule has 0 spiro atoms. The Labute approximate surface area is 111 Å². The number of thiophene rings is 1. The van der Waals surface area contributed by atoms with E-state index >= 15 is 0 Å². The predicted octanol–water partition coefficient (Wildman–Crippen LogP) is 0.842. The van der Waals surface area contributed by atoms with Gasteiger partial charge in [0.2, 0.25) is 0 Å². The van der Waals surface area contributed by atoms with Crippen LogP contribution in [0.4, 0.5) is 5.82 Å². The molecule has 0 saturated heterocycles. The van der Waals surface area contributed by atoms with Crippen molar-refractivity contribution in [2.45, 2.75) is 4.21 Å². The van der Waals surface area contributed by atoms with E-state index in [9.17, 15) is 13.2 Å². The molecule has 2 rings (SSSR count). The number of aromatic amines is 1. The normalized spacial score (nSPS) is 10.9. The summed E-state index contributed by atoms with van der Waals surface area (Å²) in [5, 5.41) is 23.0. The summed E-state index contributed by atoms with van der Waals surface area (Å²) in [6.07, 6.45) is 0. The Bertz CT molecular complexity index is 768. The second-order valence-corrected chi connectivity index (χ2v) is 6.30. The molecule has 0 saturated carbocycles. The van der Waals surface area contributed by atoms with Gasteiger partial charge in [0, 0.05) is 6.07 Å². The van der Waals surface area contributed by atoms with Crippen LogP contribution in [0, 0.1) is 11.3 Å². The third-order valence-electron chi connectivity index (χ3n) is 2.00. The molecule has 0 atom stereocenters. The zero-order valence-electron chi connectivity index (χ0n) is 9.11. The van der Waals surface area contributed by atoms with Crippen molar-refractivity contribution in [2.75, 3.05) is 4.72 Å². The van der Waals surface area contributed by atoms with E-state index in [1.807, 2.05) is 6.07 Å². The largest absolute Gasteiger partial charge is 0.477 e. The minimum absolute atomic E-state index is 0.0519. The van der Waals surface area contributed by atoms with E-state index in [1.54, 1.807) is 0 Å². The third kappa shape index (κ3) is 2.72. The van der Waals surface area contributed by atoms with Crippen LogP contribution in [0.15, 0.2) is 22.4 Å². The zero-order valence-corrected chi connectivity index (χ0v) is 10.7. The Morgan fingerprint density at radius 3 is 2.79 bits per heavy atom. The van der Waals surface area contributed by atoms with Gasteiger partial charge >= 0.3 is 5.97 Å². The number of carboxylic acids is 1. The number of aromatic nitrogens is 2. The minimum atomic E-state index is -3.87. The first-order valence-electron chi connectivity index (χ1n) is 4.74. The second kappa shape index (κ2) is 4.71. The smallest absolute Gasteiger partial charge is 0.353 e. The van der Waals surface area contributed by atoms with Crippen molar-refractivity contribution >= 4 is 33.1 Å². The number of nitrogens with zero attached hydrogens (tertiary/aromatic N) is 2. The summed E-state index contributed by atoms with van der Waals surface area (Å²) < 4.78 is 25.9. The number of H-pyrrole nitrogens is 1. The Kier molecular flexibility index (Phi) is 3.24. The molecule has 0 amide bonds. The number of nitrogens with one attached hydrogen (secondary N) is 2. The van der Waals surface area contributed by atoms with Crippen LogP contribution in [-0.4, -0.2) is 29.7 Å². The molecule has 0 radical (unpaired) electrons. The molecule has 0 aromatic carbocycles. The summed E-state index contributed by atoms with van der Waals surface area (Å²) in [5.74, 6) is -1.38. The number of sulfonamides is 1. The van der Waals surface area contributed by atoms with Crippen LogP contribution >= 0.6 is 11.3 Å². The van der Waals surface area contributed by atoms with Gasteiger partial charge in [-0.1, -0.05) is 0 Å². The first-order valence-corrected chi connectivity index (χ1v) is 7.04. The van der Waals surface area contributed by atoms with Gasteiger partial charge in [-0.2, -0.15) is 10.4 Å². The minimum Gasteiger partial charge on any atom is -0.477 e. The van der Waals surface area contributed by atoms with E-state index in [2.05, 4.69) is 14.9 Å². The molecule has 0 aliphatic heterocycles. The van der Waals surface area contributed by atoms with Crippen molar-refractivity contribution in [1.29, 1.82) is 5.26 Å². The molecule has 0 unspecified atom stereocenters. The van der Waals surface area contributed by atoms with Crippen molar-refractivity contribution in [1.82, 2.24) is 10.2 Å². The van der Waals surface area contributed by atoms with Crippen molar-refractivity contribution in [3.05, 3.63) is 28.8 Å². The number of rotatable bonds is 4. The molecule has 0 fully saturated rings. The van der Waals surface area contributed by atoms with E-state index in [1.165, 1.54) is 12.1 Å². The fourth-order valence-electron chi connectivity index (χ4n) is 1.20. The summed E-state index contributed by atoms with van der Waals surface area (Å²) in [7, 11) is -3.87. The Hall–Kier alpha value is -2.38. The van der Waals surface area contributed by atoms with Gasteiger partial charge in [0.05, 0.1) is 0 Å². The molecule has 2 aromatic heterocycles. The highest BCUT2D eigenvalue weighted by Crippen LogP contribution is 2.23. The third-order valence-corrected chi connectivity index (χ3v) is 4.84. The highest BCUT2D eigenvalue weighted by molar-refractivity contribution is 7.94. The second-order valence-electron chi connectivity index (χ2n) is 3.31. The van der Waals surface area contributed by atoms with Gasteiger partial charge in [-0.15, -0.1) is 11.3 Å². The topological polar surface area (TPSA) is 136 Å². The van der Waals surface area contributed by atoms with Gasteiger partial charge < -0.3 is 5.11 Å². The van der Waals surface area contributed by atoms with Crippen molar-refractivity contribution in [2.24, 2.45) is 0 Å². The van der Waals surface area contributed by atoms with E-state index in [4.69, 9.17) is 10.4 Å². The number of hydrogen-bond donors (Lipinski definition) is 3. The quantitative estimate of drug-likeness (QED) is 0.765. The number of aromatic carboxylic acids is 1. The first kappa shape index (κ1) is 13.1. The van der Waals surface area contributed by atoms with Crippen LogP contribution < -0.4 is 4.72 Å². The highest BCUT2D eigenvalue weighted by Gasteiger charge is 2.19. The predicted molar refractivity (Wildman–Crippen MR) is 65.4 cm³/mol. The summed E-state index contributed by atoms with van der Waals surface area (Å²) >= 11 is 0.806. The molecule has 98 valence electrons. The standard InChI is InChI=1S/C9H6N4O4S2/c10-4-5-1-2-8(18-5)19(16,17)13-7-3-6(9(14)15)11-12-7/h1-3H,(H,14,15)(H2,11,12,13). The van der Waals surface area contributed by atoms with Gasteiger partial charge in [-0.3, -0.25) is 9.82 Å². The lowest BCUT2D eigenvalue weighted by Gasteiger charge is -2.01. The molecule has 0 bridgehead atoms. The molecular formula is C9H6N4O4S2. The van der Waals surface area contributed by atoms with Gasteiger partial charge in [0.1, 0.15) is 20.8 Å². The van der Waals surface area contributed by atoms with Gasteiger partial charge in [-0.25, -0.2) is 13.2 Å². The molecule has 3 N–H and O–H groups in total. The number of nitriles is 1. The monoisotopic (exact) mass is 298 g/mol. The van der Waals surface area contributed by atoms with Crippen molar-refractivity contribution < 1.29 is 18.3 Å². The van der Waals surface area contributed by atoms with Crippen molar-refractivity contribution in [3.63, 3.8) is 0 Å².